The first-order valence-electron chi connectivity index (χ1n) is 7.85. The van der Waals surface area contributed by atoms with Crippen LogP contribution in [0.5, 0.6) is 0 Å². The number of aryl methyl sites for hydroxylation is 1. The predicted molar refractivity (Wildman–Crippen MR) is 90.8 cm³/mol. The molecule has 1 fully saturated rings. The molecule has 2 aromatic heterocycles. The van der Waals surface area contributed by atoms with Gasteiger partial charge in [0.05, 0.1) is 9.80 Å². The Hall–Kier alpha value is -2.68. The van der Waals surface area contributed by atoms with Gasteiger partial charge in [0.1, 0.15) is 5.76 Å². The van der Waals surface area contributed by atoms with Crippen LogP contribution in [0, 0.1) is 17.0 Å². The van der Waals surface area contributed by atoms with Crippen LogP contribution in [0.2, 0.25) is 0 Å². The van der Waals surface area contributed by atoms with E-state index in [0.29, 0.717) is 36.6 Å². The lowest BCUT2D eigenvalue weighted by molar-refractivity contribution is -0.380. The largest absolute Gasteiger partial charge is 0.456 e. The molecule has 3 heterocycles. The third-order valence-corrected chi connectivity index (χ3v) is 5.09. The van der Waals surface area contributed by atoms with Crippen molar-refractivity contribution >= 4 is 28.2 Å². The van der Waals surface area contributed by atoms with E-state index in [0.717, 1.165) is 11.3 Å². The summed E-state index contributed by atoms with van der Waals surface area (Å²) in [6.45, 7) is 2.76. The normalized spacial score (nSPS) is 15.2. The molecular weight excluding hydrogens is 346 g/mol. The Bertz CT molecular complexity index is 804. The Morgan fingerprint density at radius 2 is 2.00 bits per heavy atom. The van der Waals surface area contributed by atoms with E-state index in [-0.39, 0.29) is 28.6 Å². The molecule has 0 atom stereocenters. The van der Waals surface area contributed by atoms with E-state index in [4.69, 9.17) is 4.42 Å². The van der Waals surface area contributed by atoms with Gasteiger partial charge in [0.2, 0.25) is 0 Å². The van der Waals surface area contributed by atoms with Crippen LogP contribution in [0.15, 0.2) is 28.7 Å². The lowest BCUT2D eigenvalue weighted by Crippen LogP contribution is -2.46. The molecule has 1 saturated heterocycles. The number of nitro groups is 1. The van der Waals surface area contributed by atoms with Gasteiger partial charge in [0.25, 0.3) is 11.8 Å². The predicted octanol–water partition coefficient (Wildman–Crippen LogP) is 2.59. The van der Waals surface area contributed by atoms with Gasteiger partial charge in [-0.05, 0) is 38.0 Å². The molecule has 8 nitrogen and oxygen atoms in total. The van der Waals surface area contributed by atoms with Gasteiger partial charge < -0.3 is 14.6 Å². The number of thiophene rings is 1. The summed E-state index contributed by atoms with van der Waals surface area (Å²) in [4.78, 5) is 36.7. The minimum absolute atomic E-state index is 0.0281. The van der Waals surface area contributed by atoms with E-state index in [1.165, 1.54) is 12.1 Å². The standard InChI is InChI=1S/C16H17N3O5S/c1-10-2-3-12(24-10)15(20)17-11-6-8-18(9-7-11)16(21)13-4-5-14(25-13)19(22)23/h2-5,11H,6-9H2,1H3,(H,17,20). The van der Waals surface area contributed by atoms with Crippen LogP contribution < -0.4 is 5.32 Å². The highest BCUT2D eigenvalue weighted by Gasteiger charge is 2.27. The third kappa shape index (κ3) is 3.87. The van der Waals surface area contributed by atoms with Crippen LogP contribution in [-0.4, -0.2) is 40.8 Å². The lowest BCUT2D eigenvalue weighted by atomic mass is 10.0. The third-order valence-electron chi connectivity index (χ3n) is 4.06. The molecule has 0 bridgehead atoms. The fourth-order valence-electron chi connectivity index (χ4n) is 2.74. The molecule has 2 amide bonds. The van der Waals surface area contributed by atoms with Crippen LogP contribution in [0.25, 0.3) is 0 Å². The van der Waals surface area contributed by atoms with Gasteiger partial charge in [-0.25, -0.2) is 0 Å². The van der Waals surface area contributed by atoms with Crippen molar-refractivity contribution < 1.29 is 18.9 Å². The summed E-state index contributed by atoms with van der Waals surface area (Å²) in [6.07, 6.45) is 1.26. The number of nitrogens with one attached hydrogen (secondary N) is 1. The van der Waals surface area contributed by atoms with Crippen LogP contribution in [0.3, 0.4) is 0 Å². The molecule has 132 valence electrons. The maximum Gasteiger partial charge on any atom is 0.324 e. The van der Waals surface area contributed by atoms with Crippen LogP contribution >= 0.6 is 11.3 Å². The molecule has 0 aromatic carbocycles. The Labute approximate surface area is 147 Å². The van der Waals surface area contributed by atoms with Crippen molar-refractivity contribution in [2.75, 3.05) is 13.1 Å². The van der Waals surface area contributed by atoms with Gasteiger partial charge in [-0.2, -0.15) is 0 Å². The van der Waals surface area contributed by atoms with Gasteiger partial charge in [-0.3, -0.25) is 19.7 Å². The first kappa shape index (κ1) is 17.2. The van der Waals surface area contributed by atoms with E-state index in [1.54, 1.807) is 24.0 Å². The number of carbonyl (C=O) groups excluding carboxylic acids is 2. The highest BCUT2D eigenvalue weighted by Crippen LogP contribution is 2.26. The van der Waals surface area contributed by atoms with Crippen LogP contribution in [-0.2, 0) is 0 Å². The van der Waals surface area contributed by atoms with Gasteiger partial charge in [-0.1, -0.05) is 11.3 Å². The molecule has 25 heavy (non-hydrogen) atoms. The van der Waals surface area contributed by atoms with Gasteiger partial charge >= 0.3 is 5.00 Å². The monoisotopic (exact) mass is 363 g/mol. The minimum atomic E-state index is -0.500. The second-order valence-corrected chi connectivity index (χ2v) is 6.91. The molecule has 1 aliphatic heterocycles. The molecule has 1 N–H and O–H groups in total. The number of likely N-dealkylation sites (tertiary alicyclic amines) is 1. The average Bonchev–Trinajstić information content (AvgIpc) is 3.24. The number of furan rings is 1. The topological polar surface area (TPSA) is 106 Å². The SMILES string of the molecule is Cc1ccc(C(=O)NC2CCN(C(=O)c3ccc([N+](=O)[O-])s3)CC2)o1. The molecule has 0 radical (unpaired) electrons. The van der Waals surface area contributed by atoms with E-state index in [2.05, 4.69) is 5.32 Å². The minimum Gasteiger partial charge on any atom is -0.456 e. The molecule has 9 heteroatoms. The van der Waals surface area contributed by atoms with Crippen molar-refractivity contribution in [2.24, 2.45) is 0 Å². The molecular formula is C16H17N3O5S. The highest BCUT2D eigenvalue weighted by molar-refractivity contribution is 7.17. The summed E-state index contributed by atoms with van der Waals surface area (Å²) in [7, 11) is 0. The Balaban J connectivity index is 1.53. The number of nitrogens with zero attached hydrogens (tertiary/aromatic N) is 2. The zero-order valence-electron chi connectivity index (χ0n) is 13.6. The van der Waals surface area contributed by atoms with E-state index < -0.39 is 4.92 Å². The van der Waals surface area contributed by atoms with Gasteiger partial charge in [0.15, 0.2) is 5.76 Å². The van der Waals surface area contributed by atoms with E-state index >= 15 is 0 Å². The zero-order chi connectivity index (χ0) is 18.0. The summed E-state index contributed by atoms with van der Waals surface area (Å²) in [5, 5.41) is 13.6. The number of amides is 2. The van der Waals surface area contributed by atoms with Crippen molar-refractivity contribution in [1.82, 2.24) is 10.2 Å². The molecule has 3 rings (SSSR count). The summed E-state index contributed by atoms with van der Waals surface area (Å²) < 4.78 is 5.30. The van der Waals surface area contributed by atoms with E-state index in [9.17, 15) is 19.7 Å². The van der Waals surface area contributed by atoms with Gasteiger partial charge in [0, 0.05) is 25.2 Å². The molecule has 0 unspecified atom stereocenters. The van der Waals surface area contributed by atoms with Crippen molar-refractivity contribution in [1.29, 1.82) is 0 Å². The van der Waals surface area contributed by atoms with Crippen molar-refractivity contribution in [2.45, 2.75) is 25.8 Å². The number of hydrogen-bond acceptors (Lipinski definition) is 6. The summed E-state index contributed by atoms with van der Waals surface area (Å²) in [5.74, 6) is 0.494. The second kappa shape index (κ2) is 7.06. The zero-order valence-corrected chi connectivity index (χ0v) is 14.4. The van der Waals surface area contributed by atoms with Crippen molar-refractivity contribution in [3.63, 3.8) is 0 Å². The molecule has 0 saturated carbocycles. The van der Waals surface area contributed by atoms with Crippen molar-refractivity contribution in [3.05, 3.63) is 50.8 Å². The summed E-state index contributed by atoms with van der Waals surface area (Å²) in [5.41, 5.74) is 0. The van der Waals surface area contributed by atoms with Gasteiger partial charge in [-0.15, -0.1) is 0 Å². The van der Waals surface area contributed by atoms with Crippen molar-refractivity contribution in [3.8, 4) is 0 Å². The Kier molecular flexibility index (Phi) is 4.84. The maximum absolute atomic E-state index is 12.4. The molecule has 2 aromatic rings. The first-order chi connectivity index (χ1) is 11.9. The molecule has 0 spiro atoms. The fraction of sp³-hybridized carbons (Fsp3) is 0.375. The lowest BCUT2D eigenvalue weighted by Gasteiger charge is -2.31. The number of piperidine rings is 1. The Morgan fingerprint density at radius 3 is 2.56 bits per heavy atom. The molecule has 0 aliphatic carbocycles. The number of rotatable bonds is 4. The fourth-order valence-corrected chi connectivity index (χ4v) is 3.53. The smallest absolute Gasteiger partial charge is 0.324 e. The van der Waals surface area contributed by atoms with Crippen LogP contribution in [0.1, 0.15) is 38.8 Å². The highest BCUT2D eigenvalue weighted by atomic mass is 32.1. The number of carbonyl (C=O) groups is 2. The average molecular weight is 363 g/mol. The molecule has 1 aliphatic rings. The Morgan fingerprint density at radius 1 is 1.28 bits per heavy atom. The maximum atomic E-state index is 12.4. The quantitative estimate of drug-likeness (QED) is 0.664. The summed E-state index contributed by atoms with van der Waals surface area (Å²) >= 11 is 0.881. The van der Waals surface area contributed by atoms with E-state index in [1.807, 2.05) is 0 Å². The van der Waals surface area contributed by atoms with Crippen LogP contribution in [0.4, 0.5) is 5.00 Å². The first-order valence-corrected chi connectivity index (χ1v) is 8.66. The summed E-state index contributed by atoms with van der Waals surface area (Å²) in [6, 6.07) is 6.16. The number of hydrogen-bond donors (Lipinski definition) is 1. The second-order valence-electron chi connectivity index (χ2n) is 5.85.